The number of Topliss-reactive ketones (excluding diaryl/α,β-unsaturated/α-hetero) is 2. The number of esters is 2. The lowest BCUT2D eigenvalue weighted by Crippen LogP contribution is -2.54. The van der Waals surface area contributed by atoms with Gasteiger partial charge < -0.3 is 50.3 Å². The average molecular weight is 785 g/mol. The first-order chi connectivity index (χ1) is 26.7. The maximum atomic E-state index is 14.7. The summed E-state index contributed by atoms with van der Waals surface area (Å²) in [7, 11) is 2.11. The number of phenols is 4. The number of hydrogen-bond acceptors (Lipinski definition) is 14. The Morgan fingerprint density at radius 3 is 1.58 bits per heavy atom. The molecule has 2 aliphatic rings. The highest BCUT2D eigenvalue weighted by atomic mass is 16.5. The van der Waals surface area contributed by atoms with E-state index in [4.69, 9.17) is 9.47 Å². The Morgan fingerprint density at radius 2 is 1.14 bits per heavy atom. The number of aromatic hydroxyl groups is 4. The molecule has 14 nitrogen and oxygen atoms in total. The Labute approximate surface area is 326 Å². The number of hydrogen-bond donors (Lipinski definition) is 8. The lowest BCUT2D eigenvalue weighted by molar-refractivity contribution is -0.136. The molecule has 0 aromatic heterocycles. The van der Waals surface area contributed by atoms with E-state index in [-0.39, 0.29) is 43.8 Å². The molecule has 0 fully saturated rings. The molecule has 0 bridgehead atoms. The van der Waals surface area contributed by atoms with Gasteiger partial charge in [-0.15, -0.1) is 0 Å². The van der Waals surface area contributed by atoms with Gasteiger partial charge in [-0.2, -0.15) is 0 Å². The smallest absolute Gasteiger partial charge is 0.333 e. The van der Waals surface area contributed by atoms with Crippen molar-refractivity contribution >= 4 is 45.0 Å². The molecular formula is C43H44O14. The largest absolute Gasteiger partial charge is 0.511 e. The molecule has 6 rings (SSSR count). The van der Waals surface area contributed by atoms with Gasteiger partial charge >= 0.3 is 11.9 Å². The number of carbonyl (C=O) groups excluding carboxylic acids is 4. The third-order valence-corrected chi connectivity index (χ3v) is 11.9. The lowest BCUT2D eigenvalue weighted by Gasteiger charge is -2.48. The molecule has 0 aliphatic heterocycles. The average Bonchev–Trinajstić information content (AvgIpc) is 3.14. The van der Waals surface area contributed by atoms with Crippen LogP contribution in [-0.2, 0) is 19.1 Å². The van der Waals surface area contributed by atoms with Gasteiger partial charge in [0.25, 0.3) is 0 Å². The van der Waals surface area contributed by atoms with Crippen LogP contribution in [0.5, 0.6) is 23.0 Å². The quantitative estimate of drug-likeness (QED) is 0.0602. The van der Waals surface area contributed by atoms with Crippen molar-refractivity contribution in [2.45, 2.75) is 64.1 Å². The van der Waals surface area contributed by atoms with Crippen LogP contribution in [0.2, 0.25) is 0 Å². The number of aliphatic hydroxyl groups excluding tert-OH is 2. The minimum atomic E-state index is -2.24. The first-order valence-electron chi connectivity index (χ1n) is 18.2. The monoisotopic (exact) mass is 784 g/mol. The Bertz CT molecular complexity index is 2480. The second kappa shape index (κ2) is 14.1. The number of carbonyl (C=O) groups is 4. The zero-order valence-corrected chi connectivity index (χ0v) is 32.2. The van der Waals surface area contributed by atoms with Crippen molar-refractivity contribution in [2.24, 2.45) is 17.8 Å². The predicted molar refractivity (Wildman–Crippen MR) is 207 cm³/mol. The van der Waals surface area contributed by atoms with Crippen molar-refractivity contribution in [1.82, 2.24) is 0 Å². The third kappa shape index (κ3) is 5.76. The van der Waals surface area contributed by atoms with E-state index < -0.39 is 116 Å². The lowest BCUT2D eigenvalue weighted by atomic mass is 9.57. The van der Waals surface area contributed by atoms with E-state index in [2.05, 4.69) is 0 Å². The molecule has 0 heterocycles. The second-order valence-electron chi connectivity index (χ2n) is 15.3. The summed E-state index contributed by atoms with van der Waals surface area (Å²) in [6.07, 6.45) is 0.692. The van der Waals surface area contributed by atoms with E-state index in [1.807, 2.05) is 0 Å². The summed E-state index contributed by atoms with van der Waals surface area (Å²) in [5.74, 6) is -14.5. The van der Waals surface area contributed by atoms with Gasteiger partial charge in [0.15, 0.2) is 11.6 Å². The zero-order valence-electron chi connectivity index (χ0n) is 32.2. The predicted octanol–water partition coefficient (Wildman–Crippen LogP) is 6.07. The number of ketones is 2. The molecule has 0 saturated heterocycles. The van der Waals surface area contributed by atoms with Crippen LogP contribution >= 0.6 is 0 Å². The van der Waals surface area contributed by atoms with E-state index in [0.717, 1.165) is 14.2 Å². The Hall–Kier alpha value is -6.12. The minimum absolute atomic E-state index is 0.0604. The number of methoxy groups -OCH3 is 2. The van der Waals surface area contributed by atoms with Crippen molar-refractivity contribution in [3.05, 3.63) is 82.3 Å². The SMILES string of the molecule is COC(=O)/C=C(\O)C1c2c(c(O)c3c(O)cccc3c2-c2c3c(c(O)c4c(O)cccc24)C(=O)C(C)C(O)(C(C)C)C3/C(O)=C/C(=O)OC)C(=O)CC1(O)C(C)C. The summed E-state index contributed by atoms with van der Waals surface area (Å²) in [6.45, 7) is 7.65. The van der Waals surface area contributed by atoms with Crippen LogP contribution in [0.15, 0.2) is 60.1 Å². The number of aliphatic hydroxyl groups is 4. The maximum Gasteiger partial charge on any atom is 0.333 e. The van der Waals surface area contributed by atoms with Crippen LogP contribution in [0.3, 0.4) is 0 Å². The summed E-state index contributed by atoms with van der Waals surface area (Å²) in [5, 5.41) is 95.2. The van der Waals surface area contributed by atoms with Crippen LogP contribution in [-0.4, -0.2) is 89.8 Å². The fraction of sp³-hybridized carbons (Fsp3) is 0.349. The van der Waals surface area contributed by atoms with Gasteiger partial charge in [-0.25, -0.2) is 9.59 Å². The van der Waals surface area contributed by atoms with E-state index in [9.17, 15) is 60.0 Å². The molecule has 2 aliphatic carbocycles. The van der Waals surface area contributed by atoms with Crippen molar-refractivity contribution in [3.63, 3.8) is 0 Å². The highest BCUT2D eigenvalue weighted by molar-refractivity contribution is 6.22. The van der Waals surface area contributed by atoms with Crippen LogP contribution in [0.1, 0.15) is 84.7 Å². The molecule has 0 spiro atoms. The number of ether oxygens (including phenoxy) is 2. The van der Waals surface area contributed by atoms with Gasteiger partial charge in [0.05, 0.1) is 71.3 Å². The van der Waals surface area contributed by atoms with Crippen molar-refractivity contribution < 1.29 is 69.5 Å². The Balaban J connectivity index is 2.03. The molecule has 0 radical (unpaired) electrons. The van der Waals surface area contributed by atoms with Crippen molar-refractivity contribution in [2.75, 3.05) is 14.2 Å². The highest BCUT2D eigenvalue weighted by Crippen LogP contribution is 2.62. The van der Waals surface area contributed by atoms with Gasteiger partial charge in [0.2, 0.25) is 0 Å². The molecule has 300 valence electrons. The Kier molecular flexibility index (Phi) is 10.0. The maximum absolute atomic E-state index is 14.7. The van der Waals surface area contributed by atoms with E-state index in [0.29, 0.717) is 12.2 Å². The summed E-state index contributed by atoms with van der Waals surface area (Å²) in [4.78, 5) is 54.6. The third-order valence-electron chi connectivity index (χ3n) is 11.9. The molecule has 5 atom stereocenters. The van der Waals surface area contributed by atoms with Crippen LogP contribution in [0, 0.1) is 17.8 Å². The van der Waals surface area contributed by atoms with Crippen LogP contribution in [0.25, 0.3) is 32.7 Å². The van der Waals surface area contributed by atoms with Gasteiger partial charge in [-0.3, -0.25) is 9.59 Å². The fourth-order valence-corrected chi connectivity index (χ4v) is 8.98. The topological polar surface area (TPSA) is 249 Å². The van der Waals surface area contributed by atoms with Gasteiger partial charge in [0, 0.05) is 12.3 Å². The van der Waals surface area contributed by atoms with Gasteiger partial charge in [-0.1, -0.05) is 58.9 Å². The van der Waals surface area contributed by atoms with Crippen molar-refractivity contribution in [3.8, 4) is 34.1 Å². The molecule has 0 saturated carbocycles. The molecular weight excluding hydrogens is 740 g/mol. The summed E-state index contributed by atoms with van der Waals surface area (Å²) < 4.78 is 9.58. The minimum Gasteiger partial charge on any atom is -0.511 e. The number of rotatable bonds is 7. The molecule has 8 N–H and O–H groups in total. The van der Waals surface area contributed by atoms with Crippen LogP contribution < -0.4 is 0 Å². The normalized spacial score (nSPS) is 23.9. The zero-order chi connectivity index (χ0) is 42.2. The number of phenolic OH excluding ortho intramolecular Hbond substituents is 4. The fourth-order valence-electron chi connectivity index (χ4n) is 8.98. The van der Waals surface area contributed by atoms with E-state index >= 15 is 0 Å². The molecule has 57 heavy (non-hydrogen) atoms. The first kappa shape index (κ1) is 40.5. The summed E-state index contributed by atoms with van der Waals surface area (Å²) in [6, 6.07) is 8.09. The first-order valence-corrected chi connectivity index (χ1v) is 18.2. The highest BCUT2D eigenvalue weighted by Gasteiger charge is 2.58. The molecule has 5 unspecified atom stereocenters. The molecule has 4 aromatic carbocycles. The van der Waals surface area contributed by atoms with E-state index in [1.54, 1.807) is 27.7 Å². The number of benzene rings is 4. The number of fused-ring (bicyclic) bond motifs is 4. The van der Waals surface area contributed by atoms with Crippen LogP contribution in [0.4, 0.5) is 0 Å². The second-order valence-corrected chi connectivity index (χ2v) is 15.3. The molecule has 4 aromatic rings. The van der Waals surface area contributed by atoms with E-state index in [1.165, 1.54) is 43.3 Å². The van der Waals surface area contributed by atoms with Crippen molar-refractivity contribution in [1.29, 1.82) is 0 Å². The summed E-state index contributed by atoms with van der Waals surface area (Å²) >= 11 is 0. The summed E-state index contributed by atoms with van der Waals surface area (Å²) in [5.41, 5.74) is -6.37. The van der Waals surface area contributed by atoms with Gasteiger partial charge in [-0.05, 0) is 57.0 Å². The Morgan fingerprint density at radius 1 is 0.702 bits per heavy atom. The molecule has 0 amide bonds. The van der Waals surface area contributed by atoms with Gasteiger partial charge in [0.1, 0.15) is 34.5 Å². The molecule has 14 heteroatoms. The standard InChI is InChI=1S/C43H44O14/c1-17(2)42(54)16-26(48)33-34(37(42)24(46)14-27(49)56-6)31(20-10-8-12-22(44)29(20)40(33)52)32-21-11-9-13-23(45)30(21)41(53)36-35(32)38(25(47)15-28(50)57-7)43(55,18(3)4)19(5)39(36)51/h8-15,17-19,37-38,44-47,52-55H,16H2,1-7H3/b24-14-,25-15-.